The molecule has 2 heterocycles. The van der Waals surface area contributed by atoms with Gasteiger partial charge in [-0.25, -0.2) is 0 Å². The molecule has 0 bridgehead atoms. The number of halogens is 3. The Balaban J connectivity index is 1.95. The average Bonchev–Trinajstić information content (AvgIpc) is 2.92. The highest BCUT2D eigenvalue weighted by molar-refractivity contribution is 7.91. The van der Waals surface area contributed by atoms with Gasteiger partial charge in [-0.3, -0.25) is 4.68 Å². The summed E-state index contributed by atoms with van der Waals surface area (Å²) in [5.74, 6) is 0. The highest BCUT2D eigenvalue weighted by Crippen LogP contribution is 2.65. The van der Waals surface area contributed by atoms with E-state index in [4.69, 9.17) is 0 Å². The van der Waals surface area contributed by atoms with Gasteiger partial charge in [0.2, 0.25) is 0 Å². The molecular formula is C14H18F3N3OS. The molecule has 1 aliphatic heterocycles. The first-order valence-corrected chi connectivity index (χ1v) is 8.27. The maximum atomic E-state index is 13.4. The maximum absolute atomic E-state index is 13.4. The minimum absolute atomic E-state index is 0.121. The fourth-order valence-electron chi connectivity index (χ4n) is 2.86. The fraction of sp³-hybridized carbons (Fsp3) is 0.714. The lowest BCUT2D eigenvalue weighted by Gasteiger charge is -2.26. The molecule has 122 valence electrons. The van der Waals surface area contributed by atoms with Crippen LogP contribution in [-0.2, 0) is 11.4 Å². The Labute approximate surface area is 130 Å². The van der Waals surface area contributed by atoms with Gasteiger partial charge in [-0.05, 0) is 39.7 Å². The van der Waals surface area contributed by atoms with Gasteiger partial charge in [-0.2, -0.15) is 18.3 Å². The molecule has 2 aliphatic rings. The normalized spacial score (nSPS) is 27.0. The highest BCUT2D eigenvalue weighted by atomic mass is 32.2. The zero-order chi connectivity index (χ0) is 16.3. The molecule has 0 aromatic carbocycles. The summed E-state index contributed by atoms with van der Waals surface area (Å²) in [6, 6.07) is 0.874. The minimum atomic E-state index is -4.25. The van der Waals surface area contributed by atoms with Gasteiger partial charge in [-0.15, -0.1) is 0 Å². The number of fused-ring (bicyclic) bond motifs is 1. The van der Waals surface area contributed by atoms with Crippen molar-refractivity contribution in [3.8, 4) is 0 Å². The number of rotatable bonds is 2. The molecule has 1 saturated carbocycles. The van der Waals surface area contributed by atoms with Crippen molar-refractivity contribution in [2.24, 2.45) is 9.81 Å². The summed E-state index contributed by atoms with van der Waals surface area (Å²) >= 11 is -1.50. The van der Waals surface area contributed by atoms with Crippen LogP contribution in [0.15, 0.2) is 16.7 Å². The van der Waals surface area contributed by atoms with E-state index < -0.39 is 33.7 Å². The van der Waals surface area contributed by atoms with Crippen molar-refractivity contribution >= 4 is 17.1 Å². The van der Waals surface area contributed by atoms with Gasteiger partial charge in [0, 0.05) is 12.6 Å². The zero-order valence-corrected chi connectivity index (χ0v) is 13.5. The first-order valence-electron chi connectivity index (χ1n) is 7.16. The van der Waals surface area contributed by atoms with Crippen molar-refractivity contribution in [1.82, 2.24) is 9.78 Å². The minimum Gasteiger partial charge on any atom is -0.591 e. The summed E-state index contributed by atoms with van der Waals surface area (Å²) in [6.07, 6.45) is -2.39. The molecule has 1 fully saturated rings. The monoisotopic (exact) mass is 333 g/mol. The lowest BCUT2D eigenvalue weighted by molar-refractivity contribution is -0.199. The zero-order valence-electron chi connectivity index (χ0n) is 12.6. The van der Waals surface area contributed by atoms with Crippen molar-refractivity contribution < 1.29 is 17.7 Å². The van der Waals surface area contributed by atoms with E-state index in [9.17, 15) is 17.7 Å². The highest BCUT2D eigenvalue weighted by Gasteiger charge is 2.69. The van der Waals surface area contributed by atoms with Crippen molar-refractivity contribution in [3.05, 3.63) is 18.0 Å². The third-order valence-electron chi connectivity index (χ3n) is 4.36. The topological polar surface area (TPSA) is 53.2 Å². The van der Waals surface area contributed by atoms with Gasteiger partial charge in [0.1, 0.15) is 21.8 Å². The molecule has 4 nitrogen and oxygen atoms in total. The quantitative estimate of drug-likeness (QED) is 0.779. The van der Waals surface area contributed by atoms with Crippen LogP contribution in [0.1, 0.15) is 51.8 Å². The molecule has 0 saturated heterocycles. The Morgan fingerprint density at radius 1 is 1.36 bits per heavy atom. The number of aromatic nitrogens is 2. The van der Waals surface area contributed by atoms with E-state index in [1.54, 1.807) is 26.8 Å². The van der Waals surface area contributed by atoms with E-state index in [0.29, 0.717) is 11.4 Å². The van der Waals surface area contributed by atoms with Crippen molar-refractivity contribution in [3.63, 3.8) is 0 Å². The smallest absolute Gasteiger partial charge is 0.396 e. The molecule has 3 rings (SSSR count). The molecule has 0 N–H and O–H groups in total. The SMILES string of the molecule is CC(C)(C)[S@+]([O-])/N=C1/CC(C2(C(F)(F)F)CC2)n2nccc21. The predicted octanol–water partition coefficient (Wildman–Crippen LogP) is 3.42. The van der Waals surface area contributed by atoms with Crippen molar-refractivity contribution in [2.75, 3.05) is 0 Å². The van der Waals surface area contributed by atoms with Gasteiger partial charge >= 0.3 is 6.18 Å². The van der Waals surface area contributed by atoms with Crippen LogP contribution in [0.3, 0.4) is 0 Å². The molecule has 1 aromatic rings. The third-order valence-corrected chi connectivity index (χ3v) is 5.79. The summed E-state index contributed by atoms with van der Waals surface area (Å²) in [4.78, 5) is 0. The average molecular weight is 333 g/mol. The largest absolute Gasteiger partial charge is 0.591 e. The van der Waals surface area contributed by atoms with E-state index in [2.05, 4.69) is 9.50 Å². The van der Waals surface area contributed by atoms with E-state index in [-0.39, 0.29) is 19.3 Å². The molecule has 22 heavy (non-hydrogen) atoms. The molecule has 0 radical (unpaired) electrons. The lowest BCUT2D eigenvalue weighted by atomic mass is 9.93. The van der Waals surface area contributed by atoms with E-state index in [0.717, 1.165) is 0 Å². The van der Waals surface area contributed by atoms with Gasteiger partial charge in [0.15, 0.2) is 0 Å². The summed E-state index contributed by atoms with van der Waals surface area (Å²) < 4.78 is 57.4. The van der Waals surface area contributed by atoms with Crippen molar-refractivity contribution in [1.29, 1.82) is 0 Å². The van der Waals surface area contributed by atoms with Crippen LogP contribution in [0.2, 0.25) is 0 Å². The third kappa shape index (κ3) is 2.36. The molecule has 1 unspecified atom stereocenters. The summed E-state index contributed by atoms with van der Waals surface area (Å²) in [7, 11) is 0. The summed E-state index contributed by atoms with van der Waals surface area (Å²) in [5.41, 5.74) is -0.682. The first kappa shape index (κ1) is 15.9. The Morgan fingerprint density at radius 2 is 2.00 bits per heavy atom. The second-order valence-corrected chi connectivity index (χ2v) is 8.84. The van der Waals surface area contributed by atoms with Crippen LogP contribution in [-0.4, -0.2) is 31.0 Å². The van der Waals surface area contributed by atoms with E-state index in [1.165, 1.54) is 10.9 Å². The number of hydrogen-bond acceptors (Lipinski definition) is 3. The number of hydrogen-bond donors (Lipinski definition) is 0. The number of alkyl halides is 3. The van der Waals surface area contributed by atoms with Gasteiger partial charge in [0.05, 0.1) is 17.2 Å². The van der Waals surface area contributed by atoms with Crippen LogP contribution in [0.5, 0.6) is 0 Å². The van der Waals surface area contributed by atoms with E-state index >= 15 is 0 Å². The first-order chi connectivity index (χ1) is 10.1. The molecule has 2 atom stereocenters. The summed E-state index contributed by atoms with van der Waals surface area (Å²) in [5, 5.41) is 4.05. The summed E-state index contributed by atoms with van der Waals surface area (Å²) in [6.45, 7) is 5.36. The number of nitrogens with zero attached hydrogens (tertiary/aromatic N) is 3. The molecular weight excluding hydrogens is 315 g/mol. The second-order valence-electron chi connectivity index (χ2n) is 6.93. The Bertz CT molecular complexity index is 614. The lowest BCUT2D eigenvalue weighted by Crippen LogP contribution is -2.33. The predicted molar refractivity (Wildman–Crippen MR) is 78.0 cm³/mol. The molecule has 0 spiro atoms. The van der Waals surface area contributed by atoms with Crippen LogP contribution >= 0.6 is 0 Å². The Morgan fingerprint density at radius 3 is 2.50 bits per heavy atom. The van der Waals surface area contributed by atoms with Crippen LogP contribution in [0.4, 0.5) is 13.2 Å². The molecule has 1 aliphatic carbocycles. The molecule has 8 heteroatoms. The Hall–Kier alpha value is -1.02. The van der Waals surface area contributed by atoms with Crippen molar-refractivity contribution in [2.45, 2.75) is 57.0 Å². The van der Waals surface area contributed by atoms with Crippen LogP contribution in [0, 0.1) is 5.41 Å². The van der Waals surface area contributed by atoms with Crippen LogP contribution < -0.4 is 0 Å². The fourth-order valence-corrected chi connectivity index (χ4v) is 3.50. The van der Waals surface area contributed by atoms with Gasteiger partial charge < -0.3 is 4.55 Å². The Kier molecular flexibility index (Phi) is 3.41. The standard InChI is InChI=1S/C14H18F3N3OS/c1-12(2,3)22(21)19-9-8-11(20-10(9)4-7-18-20)13(5-6-13)14(15,16)17/h4,7,11H,5-6,8H2,1-3H3/b19-9-/t11?,22-/m0/s1. The van der Waals surface area contributed by atoms with E-state index in [1.807, 2.05) is 0 Å². The van der Waals surface area contributed by atoms with Gasteiger partial charge in [0.25, 0.3) is 0 Å². The van der Waals surface area contributed by atoms with Gasteiger partial charge in [-0.1, -0.05) is 4.40 Å². The maximum Gasteiger partial charge on any atom is 0.396 e. The second kappa shape index (κ2) is 4.74. The molecule has 1 aromatic heterocycles. The van der Waals surface area contributed by atoms with Crippen LogP contribution in [0.25, 0.3) is 0 Å². The molecule has 0 amide bonds.